The van der Waals surface area contributed by atoms with Crippen LogP contribution >= 0.6 is 0 Å². The molecule has 0 N–H and O–H groups in total. The minimum absolute atomic E-state index is 0.00369. The molecule has 0 spiro atoms. The first-order valence-electron chi connectivity index (χ1n) is 11.2. The number of likely N-dealkylation sites (N-methyl/N-ethyl adjacent to an activating group) is 1. The van der Waals surface area contributed by atoms with E-state index in [2.05, 4.69) is 26.7 Å². The van der Waals surface area contributed by atoms with Crippen molar-refractivity contribution in [3.63, 3.8) is 0 Å². The summed E-state index contributed by atoms with van der Waals surface area (Å²) in [4.78, 5) is 18.8. The van der Waals surface area contributed by atoms with Crippen molar-refractivity contribution in [3.05, 3.63) is 47.4 Å². The number of halogens is 4. The van der Waals surface area contributed by atoms with E-state index in [1.165, 1.54) is 28.3 Å². The minimum atomic E-state index is -4.82. The number of hydrogen-bond acceptors (Lipinski definition) is 6. The molecule has 0 unspecified atom stereocenters. The van der Waals surface area contributed by atoms with E-state index in [1.54, 1.807) is 27.8 Å². The Balaban J connectivity index is 2.20. The highest BCUT2D eigenvalue weighted by Gasteiger charge is 2.31. The van der Waals surface area contributed by atoms with Crippen LogP contribution in [0.15, 0.2) is 35.6 Å². The molecular formula is C25H28F4N4O3. The van der Waals surface area contributed by atoms with Crippen molar-refractivity contribution in [2.24, 2.45) is 5.10 Å². The average Bonchev–Trinajstić information content (AvgIpc) is 2.80. The summed E-state index contributed by atoms with van der Waals surface area (Å²) in [7, 11) is 1.64. The zero-order valence-electron chi connectivity index (χ0n) is 20.7. The number of anilines is 1. The van der Waals surface area contributed by atoms with Crippen molar-refractivity contribution in [3.8, 4) is 23.5 Å². The van der Waals surface area contributed by atoms with Gasteiger partial charge < -0.3 is 14.4 Å². The first kappa shape index (κ1) is 28.4. The van der Waals surface area contributed by atoms with Crippen molar-refractivity contribution in [2.45, 2.75) is 46.5 Å². The fourth-order valence-electron chi connectivity index (χ4n) is 3.40. The van der Waals surface area contributed by atoms with Gasteiger partial charge in [0.2, 0.25) is 5.88 Å². The molecule has 0 radical (unpaired) electrons. The van der Waals surface area contributed by atoms with Gasteiger partial charge in [0.15, 0.2) is 0 Å². The van der Waals surface area contributed by atoms with E-state index in [1.807, 2.05) is 6.92 Å². The maximum atomic E-state index is 14.3. The van der Waals surface area contributed by atoms with Crippen molar-refractivity contribution in [1.29, 1.82) is 0 Å². The number of ether oxygens (including phenoxy) is 2. The number of aromatic nitrogens is 1. The molecular weight excluding hydrogens is 480 g/mol. The third-order valence-electron chi connectivity index (χ3n) is 4.94. The van der Waals surface area contributed by atoms with E-state index in [-0.39, 0.29) is 18.1 Å². The number of pyridine rings is 1. The highest BCUT2D eigenvalue weighted by atomic mass is 19.4. The molecule has 0 fully saturated rings. The number of benzene rings is 1. The summed E-state index contributed by atoms with van der Waals surface area (Å²) in [5.74, 6) is 4.22. The zero-order chi connectivity index (χ0) is 26.9. The number of rotatable bonds is 9. The van der Waals surface area contributed by atoms with Crippen LogP contribution in [0, 0.1) is 24.6 Å². The van der Waals surface area contributed by atoms with Gasteiger partial charge in [-0.25, -0.2) is 9.37 Å². The highest BCUT2D eigenvalue weighted by Crippen LogP contribution is 2.28. The Bertz CT molecular complexity index is 1130. The number of hydrogen-bond donors (Lipinski definition) is 0. The predicted octanol–water partition coefficient (Wildman–Crippen LogP) is 5.19. The maximum absolute atomic E-state index is 14.3. The topological polar surface area (TPSA) is 67.3 Å². The second kappa shape index (κ2) is 12.8. The summed E-state index contributed by atoms with van der Waals surface area (Å²) in [5.41, 5.74) is 1.08. The summed E-state index contributed by atoms with van der Waals surface area (Å²) in [6.07, 6.45) is -1.86. The van der Waals surface area contributed by atoms with Gasteiger partial charge in [-0.2, -0.15) is 5.10 Å². The molecule has 36 heavy (non-hydrogen) atoms. The lowest BCUT2D eigenvalue weighted by molar-refractivity contribution is -0.274. The fourth-order valence-corrected chi connectivity index (χ4v) is 3.40. The summed E-state index contributed by atoms with van der Waals surface area (Å²) < 4.78 is 60.5. The van der Waals surface area contributed by atoms with Crippen LogP contribution in [0.1, 0.15) is 43.1 Å². The molecule has 11 heteroatoms. The maximum Gasteiger partial charge on any atom is 0.573 e. The van der Waals surface area contributed by atoms with E-state index in [4.69, 9.17) is 4.74 Å². The Morgan fingerprint density at radius 3 is 2.58 bits per heavy atom. The lowest BCUT2D eigenvalue weighted by atomic mass is 10.0. The average molecular weight is 509 g/mol. The van der Waals surface area contributed by atoms with Crippen molar-refractivity contribution in [1.82, 2.24) is 9.88 Å². The van der Waals surface area contributed by atoms with E-state index in [0.717, 1.165) is 18.3 Å². The number of carbonyl (C=O) groups excluding carboxylic acids is 1. The molecule has 1 heterocycles. The zero-order valence-corrected chi connectivity index (χ0v) is 20.7. The Morgan fingerprint density at radius 2 is 2.00 bits per heavy atom. The molecule has 1 atom stereocenters. The van der Waals surface area contributed by atoms with Gasteiger partial charge in [-0.1, -0.05) is 18.8 Å². The van der Waals surface area contributed by atoms with Gasteiger partial charge in [0, 0.05) is 26.1 Å². The second-order valence-electron chi connectivity index (χ2n) is 7.69. The molecule has 194 valence electrons. The summed E-state index contributed by atoms with van der Waals surface area (Å²) >= 11 is 0. The fraction of sp³-hybridized carbons (Fsp3) is 0.400. The van der Waals surface area contributed by atoms with E-state index in [0.29, 0.717) is 24.2 Å². The van der Waals surface area contributed by atoms with Crippen LogP contribution in [0.25, 0.3) is 0 Å². The number of nitrogens with zero attached hydrogens (tertiary/aromatic N) is 4. The standard InChI is InChI=1S/C25H28F4N4O3/c1-6-8-9-12-31-32(5)23-17(3)13-19(26)14-21(23)24(34)33(7-2)18(4)16-35-22-11-10-20(15-30-22)36-25(27,28)29/h10-15,18H,6-7,16H2,1-5H3/b31-12-/t18-/m0/s1. The van der Waals surface area contributed by atoms with Gasteiger partial charge >= 0.3 is 6.36 Å². The molecule has 2 aromatic rings. The van der Waals surface area contributed by atoms with Crippen LogP contribution in [0.5, 0.6) is 11.6 Å². The molecule has 7 nitrogen and oxygen atoms in total. The van der Waals surface area contributed by atoms with E-state index in [9.17, 15) is 22.4 Å². The van der Waals surface area contributed by atoms with Gasteiger partial charge in [-0.3, -0.25) is 9.80 Å². The van der Waals surface area contributed by atoms with Gasteiger partial charge in [-0.05, 0) is 44.5 Å². The molecule has 2 rings (SSSR count). The molecule has 0 bridgehead atoms. The SMILES string of the molecule is CCC#C/C=N\N(C)c1c(C)cc(F)cc1C(=O)N(CC)[C@@H](C)COc1ccc(OC(F)(F)F)cn1. The minimum Gasteiger partial charge on any atom is -0.475 e. The van der Waals surface area contributed by atoms with E-state index < -0.39 is 29.9 Å². The second-order valence-corrected chi connectivity index (χ2v) is 7.69. The number of alkyl halides is 3. The van der Waals surface area contributed by atoms with Gasteiger partial charge in [-0.15, -0.1) is 13.2 Å². The Morgan fingerprint density at radius 1 is 1.28 bits per heavy atom. The molecule has 1 aromatic heterocycles. The Hall–Kier alpha value is -3.81. The smallest absolute Gasteiger partial charge is 0.475 e. The molecule has 0 saturated heterocycles. The highest BCUT2D eigenvalue weighted by molar-refractivity contribution is 6.01. The Kier molecular flexibility index (Phi) is 10.1. The molecule has 0 aliphatic heterocycles. The number of carbonyl (C=O) groups is 1. The lowest BCUT2D eigenvalue weighted by Crippen LogP contribution is -2.42. The predicted molar refractivity (Wildman–Crippen MR) is 129 cm³/mol. The number of hydrazone groups is 1. The van der Waals surface area contributed by atoms with Gasteiger partial charge in [0.25, 0.3) is 5.91 Å². The van der Waals surface area contributed by atoms with Crippen LogP contribution in [-0.2, 0) is 0 Å². The quantitative estimate of drug-likeness (QED) is 0.202. The molecule has 1 aromatic carbocycles. The van der Waals surface area contributed by atoms with Crippen LogP contribution in [-0.4, -0.2) is 54.6 Å². The van der Waals surface area contributed by atoms with Gasteiger partial charge in [0.1, 0.15) is 18.2 Å². The largest absolute Gasteiger partial charge is 0.573 e. The normalized spacial score (nSPS) is 12.0. The van der Waals surface area contributed by atoms with Gasteiger partial charge in [0.05, 0.1) is 29.7 Å². The lowest BCUT2D eigenvalue weighted by Gasteiger charge is -2.30. The molecule has 0 aliphatic carbocycles. The number of amides is 1. The van der Waals surface area contributed by atoms with Crippen LogP contribution in [0.2, 0.25) is 0 Å². The van der Waals surface area contributed by atoms with Crippen LogP contribution in [0.3, 0.4) is 0 Å². The third kappa shape index (κ3) is 8.15. The Labute approximate surface area is 207 Å². The summed E-state index contributed by atoms with van der Waals surface area (Å²) in [5, 5.41) is 5.70. The van der Waals surface area contributed by atoms with E-state index >= 15 is 0 Å². The van der Waals surface area contributed by atoms with Crippen molar-refractivity contribution < 1.29 is 31.8 Å². The van der Waals surface area contributed by atoms with Crippen molar-refractivity contribution >= 4 is 17.8 Å². The van der Waals surface area contributed by atoms with Crippen molar-refractivity contribution in [2.75, 3.05) is 25.2 Å². The van der Waals surface area contributed by atoms with Crippen LogP contribution < -0.4 is 14.5 Å². The third-order valence-corrected chi connectivity index (χ3v) is 4.94. The monoisotopic (exact) mass is 508 g/mol. The summed E-state index contributed by atoms with van der Waals surface area (Å²) in [6.45, 7) is 7.37. The molecule has 0 aliphatic rings. The summed E-state index contributed by atoms with van der Waals surface area (Å²) in [6, 6.07) is 4.30. The molecule has 1 amide bonds. The van der Waals surface area contributed by atoms with Crippen LogP contribution in [0.4, 0.5) is 23.2 Å². The number of aryl methyl sites for hydroxylation is 1. The first-order chi connectivity index (χ1) is 17.0. The first-order valence-corrected chi connectivity index (χ1v) is 11.2. The molecule has 0 saturated carbocycles.